The summed E-state index contributed by atoms with van der Waals surface area (Å²) in [6, 6.07) is 0. The molecule has 0 saturated heterocycles. The van der Waals surface area contributed by atoms with E-state index in [1.807, 2.05) is 0 Å². The molecule has 0 amide bonds. The molecular formula is C41H78O6. The predicted octanol–water partition coefficient (Wildman–Crippen LogP) is 12.4. The fourth-order valence-electron chi connectivity index (χ4n) is 5.92. The predicted molar refractivity (Wildman–Crippen MR) is 196 cm³/mol. The minimum absolute atomic E-state index is 0.0663. The van der Waals surface area contributed by atoms with Gasteiger partial charge in [0, 0.05) is 19.3 Å². The summed E-state index contributed by atoms with van der Waals surface area (Å²) in [5.41, 5.74) is 0. The molecule has 6 heteroatoms. The van der Waals surface area contributed by atoms with Gasteiger partial charge >= 0.3 is 17.9 Å². The molecule has 0 saturated carbocycles. The van der Waals surface area contributed by atoms with Gasteiger partial charge < -0.3 is 14.2 Å². The maximum absolute atomic E-state index is 12.6. The Kier molecular flexibility index (Phi) is 34.5. The Labute approximate surface area is 291 Å². The molecule has 6 nitrogen and oxygen atoms in total. The Morgan fingerprint density at radius 3 is 1.04 bits per heavy atom. The Balaban J connectivity index is 4.14. The molecule has 0 radical (unpaired) electrons. The van der Waals surface area contributed by atoms with E-state index in [9.17, 15) is 14.4 Å². The van der Waals surface area contributed by atoms with Crippen molar-refractivity contribution >= 4 is 17.9 Å². The highest BCUT2D eigenvalue weighted by atomic mass is 16.6. The number of hydrogen-bond donors (Lipinski definition) is 0. The standard InChI is InChI=1S/C41H78O6/c1-5-7-9-11-20-25-29-33-40(43)46-36-38(35-45-39(42)32-28-23-10-8-6-2)47-41(44)34-30-26-22-19-17-15-13-12-14-16-18-21-24-27-31-37(3)4/h37-38H,5-36H2,1-4H3/t38-/m0/s1. The number of unbranched alkanes of at least 4 members (excludes halogenated alkanes) is 23. The molecule has 0 aromatic carbocycles. The number of esters is 3. The van der Waals surface area contributed by atoms with Crippen LogP contribution >= 0.6 is 0 Å². The van der Waals surface area contributed by atoms with E-state index < -0.39 is 6.10 Å². The van der Waals surface area contributed by atoms with Crippen LogP contribution in [0.1, 0.15) is 220 Å². The first kappa shape index (κ1) is 45.4. The number of carbonyl (C=O) groups is 3. The van der Waals surface area contributed by atoms with Crippen LogP contribution < -0.4 is 0 Å². The maximum Gasteiger partial charge on any atom is 0.306 e. The summed E-state index contributed by atoms with van der Waals surface area (Å²) in [5, 5.41) is 0. The summed E-state index contributed by atoms with van der Waals surface area (Å²) in [4.78, 5) is 37.1. The molecule has 0 unspecified atom stereocenters. The van der Waals surface area contributed by atoms with Crippen molar-refractivity contribution in [3.63, 3.8) is 0 Å². The van der Waals surface area contributed by atoms with Gasteiger partial charge in [-0.2, -0.15) is 0 Å². The van der Waals surface area contributed by atoms with Crippen LogP contribution in [0.4, 0.5) is 0 Å². The molecule has 0 fully saturated rings. The SMILES string of the molecule is CCCCCCCCCC(=O)OC[C@H](COC(=O)CCCCCCC)OC(=O)CCCCCCCCCCCCCCCCC(C)C. The van der Waals surface area contributed by atoms with Gasteiger partial charge in [-0.25, -0.2) is 0 Å². The van der Waals surface area contributed by atoms with Gasteiger partial charge in [0.2, 0.25) is 0 Å². The molecule has 47 heavy (non-hydrogen) atoms. The second-order valence-electron chi connectivity index (χ2n) is 14.4. The van der Waals surface area contributed by atoms with Gasteiger partial charge in [0.15, 0.2) is 6.10 Å². The summed E-state index contributed by atoms with van der Waals surface area (Å²) >= 11 is 0. The normalized spacial score (nSPS) is 11.9. The summed E-state index contributed by atoms with van der Waals surface area (Å²) in [6.07, 6.45) is 32.7. The third kappa shape index (κ3) is 35.5. The van der Waals surface area contributed by atoms with E-state index in [0.717, 1.165) is 70.1 Å². The van der Waals surface area contributed by atoms with Gasteiger partial charge in [0.05, 0.1) is 0 Å². The van der Waals surface area contributed by atoms with Crippen LogP contribution in [0.2, 0.25) is 0 Å². The number of hydrogen-bond acceptors (Lipinski definition) is 6. The van der Waals surface area contributed by atoms with E-state index in [0.29, 0.717) is 19.3 Å². The van der Waals surface area contributed by atoms with Crippen molar-refractivity contribution < 1.29 is 28.6 Å². The summed E-state index contributed by atoms with van der Waals surface area (Å²) in [5.74, 6) is -0.0379. The molecule has 0 spiro atoms. The molecule has 0 aromatic rings. The first-order chi connectivity index (χ1) is 22.9. The van der Waals surface area contributed by atoms with Gasteiger partial charge in [0.25, 0.3) is 0 Å². The molecule has 0 aromatic heterocycles. The van der Waals surface area contributed by atoms with Crippen LogP contribution in [0.25, 0.3) is 0 Å². The van der Waals surface area contributed by atoms with Gasteiger partial charge in [-0.1, -0.05) is 182 Å². The second-order valence-corrected chi connectivity index (χ2v) is 14.4. The van der Waals surface area contributed by atoms with Crippen molar-refractivity contribution in [2.24, 2.45) is 5.92 Å². The smallest absolute Gasteiger partial charge is 0.306 e. The Bertz CT molecular complexity index is 706. The van der Waals surface area contributed by atoms with E-state index in [1.54, 1.807) is 0 Å². The van der Waals surface area contributed by atoms with Crippen molar-refractivity contribution in [2.45, 2.75) is 226 Å². The van der Waals surface area contributed by atoms with Crippen molar-refractivity contribution in [2.75, 3.05) is 13.2 Å². The molecule has 0 rings (SSSR count). The monoisotopic (exact) mass is 667 g/mol. The first-order valence-electron chi connectivity index (χ1n) is 20.4. The van der Waals surface area contributed by atoms with Crippen molar-refractivity contribution in [3.8, 4) is 0 Å². The van der Waals surface area contributed by atoms with Crippen LogP contribution in [0, 0.1) is 5.92 Å². The minimum atomic E-state index is -0.755. The first-order valence-corrected chi connectivity index (χ1v) is 20.4. The highest BCUT2D eigenvalue weighted by Gasteiger charge is 2.19. The van der Waals surface area contributed by atoms with Crippen LogP contribution in [0.5, 0.6) is 0 Å². The zero-order valence-corrected chi connectivity index (χ0v) is 31.7. The third-order valence-electron chi connectivity index (χ3n) is 9.04. The lowest BCUT2D eigenvalue weighted by atomic mass is 10.0. The van der Waals surface area contributed by atoms with Gasteiger partial charge in [-0.3, -0.25) is 14.4 Å². The quantitative estimate of drug-likeness (QED) is 0.0376. The van der Waals surface area contributed by atoms with Crippen molar-refractivity contribution in [3.05, 3.63) is 0 Å². The fourth-order valence-corrected chi connectivity index (χ4v) is 5.92. The van der Waals surface area contributed by atoms with Gasteiger partial charge in [0.1, 0.15) is 13.2 Å². The topological polar surface area (TPSA) is 78.9 Å². The Morgan fingerprint density at radius 1 is 0.404 bits per heavy atom. The molecule has 0 heterocycles. The lowest BCUT2D eigenvalue weighted by Gasteiger charge is -2.18. The van der Waals surface area contributed by atoms with Crippen LogP contribution in [0.3, 0.4) is 0 Å². The zero-order chi connectivity index (χ0) is 34.6. The number of rotatable bonds is 36. The average Bonchev–Trinajstić information content (AvgIpc) is 3.05. The molecule has 0 aliphatic heterocycles. The molecule has 0 bridgehead atoms. The lowest BCUT2D eigenvalue weighted by molar-refractivity contribution is -0.167. The van der Waals surface area contributed by atoms with Crippen LogP contribution in [-0.4, -0.2) is 37.2 Å². The maximum atomic E-state index is 12.6. The summed E-state index contributed by atoms with van der Waals surface area (Å²) in [7, 11) is 0. The number of ether oxygens (including phenoxy) is 3. The molecule has 1 atom stereocenters. The van der Waals surface area contributed by atoms with Crippen molar-refractivity contribution in [1.82, 2.24) is 0 Å². The fraction of sp³-hybridized carbons (Fsp3) is 0.927. The van der Waals surface area contributed by atoms with E-state index in [4.69, 9.17) is 14.2 Å². The molecule has 0 N–H and O–H groups in total. The summed E-state index contributed by atoms with van der Waals surface area (Å²) < 4.78 is 16.5. The number of carbonyl (C=O) groups excluding carboxylic acids is 3. The average molecular weight is 667 g/mol. The Morgan fingerprint density at radius 2 is 0.702 bits per heavy atom. The van der Waals surface area contributed by atoms with E-state index >= 15 is 0 Å². The van der Waals surface area contributed by atoms with Gasteiger partial charge in [-0.15, -0.1) is 0 Å². The third-order valence-corrected chi connectivity index (χ3v) is 9.04. The van der Waals surface area contributed by atoms with Crippen molar-refractivity contribution in [1.29, 1.82) is 0 Å². The van der Waals surface area contributed by atoms with E-state index in [1.165, 1.54) is 109 Å². The highest BCUT2D eigenvalue weighted by Crippen LogP contribution is 2.16. The van der Waals surface area contributed by atoms with Crippen LogP contribution in [-0.2, 0) is 28.6 Å². The minimum Gasteiger partial charge on any atom is -0.462 e. The van der Waals surface area contributed by atoms with Crippen LogP contribution in [0.15, 0.2) is 0 Å². The lowest BCUT2D eigenvalue weighted by Crippen LogP contribution is -2.30. The second kappa shape index (κ2) is 35.7. The largest absolute Gasteiger partial charge is 0.462 e. The molecular weight excluding hydrogens is 588 g/mol. The summed E-state index contributed by atoms with van der Waals surface area (Å²) in [6.45, 7) is 8.87. The zero-order valence-electron chi connectivity index (χ0n) is 31.7. The van der Waals surface area contributed by atoms with E-state index in [-0.39, 0.29) is 31.1 Å². The van der Waals surface area contributed by atoms with Gasteiger partial charge in [-0.05, 0) is 25.2 Å². The Hall–Kier alpha value is -1.59. The highest BCUT2D eigenvalue weighted by molar-refractivity contribution is 5.71. The molecule has 0 aliphatic carbocycles. The molecule has 0 aliphatic rings. The van der Waals surface area contributed by atoms with E-state index in [2.05, 4.69) is 27.7 Å². The molecule has 278 valence electrons.